The van der Waals surface area contributed by atoms with Crippen LogP contribution in [0.5, 0.6) is 17.2 Å². The van der Waals surface area contributed by atoms with Gasteiger partial charge >= 0.3 is 6.09 Å². The zero-order valence-electron chi connectivity index (χ0n) is 20.3. The number of rotatable bonds is 8. The summed E-state index contributed by atoms with van der Waals surface area (Å²) < 4.78 is 23.3. The number of nitrogens with one attached hydrogen (secondary N) is 1. The number of nitrogens with zero attached hydrogens (tertiary/aromatic N) is 2. The first-order chi connectivity index (χ1) is 17.0. The monoisotopic (exact) mass is 481 g/mol. The Labute approximate surface area is 204 Å². The molecular formula is C26H31N3O6. The molecule has 2 heterocycles. The molecule has 9 heteroatoms. The molecule has 0 aliphatic carbocycles. The van der Waals surface area contributed by atoms with Gasteiger partial charge in [0.15, 0.2) is 17.2 Å². The number of amides is 1. The summed E-state index contributed by atoms with van der Waals surface area (Å²) in [5, 5.41) is 3.70. The van der Waals surface area contributed by atoms with Gasteiger partial charge < -0.3 is 28.8 Å². The van der Waals surface area contributed by atoms with E-state index in [1.807, 2.05) is 25.1 Å². The quantitative estimate of drug-likeness (QED) is 0.529. The molecule has 186 valence electrons. The Morgan fingerprint density at radius 2 is 1.66 bits per heavy atom. The topological polar surface area (TPSA) is 91.3 Å². The van der Waals surface area contributed by atoms with E-state index in [1.165, 1.54) is 18.8 Å². The molecule has 1 aliphatic heterocycles. The van der Waals surface area contributed by atoms with Crippen LogP contribution in [-0.2, 0) is 24.4 Å². The molecular weight excluding hydrogens is 450 g/mol. The maximum atomic E-state index is 12.9. The Bertz CT molecular complexity index is 1250. The van der Waals surface area contributed by atoms with Gasteiger partial charge in [-0.2, -0.15) is 0 Å². The van der Waals surface area contributed by atoms with Gasteiger partial charge in [-0.05, 0) is 30.2 Å². The van der Waals surface area contributed by atoms with Crippen LogP contribution in [-0.4, -0.2) is 56.1 Å². The Kier molecular flexibility index (Phi) is 7.89. The van der Waals surface area contributed by atoms with Crippen LogP contribution in [0.25, 0.3) is 10.8 Å². The molecule has 1 fully saturated rings. The third-order valence-corrected chi connectivity index (χ3v) is 6.14. The smallest absolute Gasteiger partial charge is 0.412 e. The highest BCUT2D eigenvalue weighted by Crippen LogP contribution is 2.35. The maximum Gasteiger partial charge on any atom is 0.412 e. The molecule has 0 bridgehead atoms. The van der Waals surface area contributed by atoms with E-state index >= 15 is 0 Å². The molecule has 1 aliphatic rings. The van der Waals surface area contributed by atoms with Gasteiger partial charge in [0.1, 0.15) is 0 Å². The lowest BCUT2D eigenvalue weighted by atomic mass is 10.1. The van der Waals surface area contributed by atoms with Crippen molar-refractivity contribution in [1.82, 2.24) is 14.8 Å². The number of methoxy groups -OCH3 is 2. The minimum absolute atomic E-state index is 0.201. The fourth-order valence-electron chi connectivity index (χ4n) is 4.19. The Morgan fingerprint density at radius 1 is 1.00 bits per heavy atom. The first-order valence-corrected chi connectivity index (χ1v) is 11.7. The van der Waals surface area contributed by atoms with Crippen LogP contribution in [0, 0.1) is 0 Å². The first kappa shape index (κ1) is 24.6. The highest BCUT2D eigenvalue weighted by molar-refractivity contribution is 5.92. The van der Waals surface area contributed by atoms with Gasteiger partial charge in [0.25, 0.3) is 5.56 Å². The maximum absolute atomic E-state index is 12.9. The number of fused-ring (bicyclic) bond motifs is 1. The van der Waals surface area contributed by atoms with Crippen molar-refractivity contribution in [3.05, 3.63) is 64.1 Å². The summed E-state index contributed by atoms with van der Waals surface area (Å²) in [7, 11) is 3.02. The second-order valence-corrected chi connectivity index (χ2v) is 8.24. The van der Waals surface area contributed by atoms with Crippen LogP contribution in [0.15, 0.2) is 47.4 Å². The molecule has 1 aromatic heterocycles. The summed E-state index contributed by atoms with van der Waals surface area (Å²) in [6.07, 6.45) is 0.936. The van der Waals surface area contributed by atoms with E-state index in [1.54, 1.807) is 18.3 Å². The van der Waals surface area contributed by atoms with Crippen molar-refractivity contribution in [3.63, 3.8) is 0 Å². The van der Waals surface area contributed by atoms with E-state index in [9.17, 15) is 9.59 Å². The van der Waals surface area contributed by atoms with Crippen molar-refractivity contribution in [2.45, 2.75) is 26.6 Å². The third kappa shape index (κ3) is 5.58. The Morgan fingerprint density at radius 3 is 2.31 bits per heavy atom. The summed E-state index contributed by atoms with van der Waals surface area (Å²) in [4.78, 5) is 28.0. The molecule has 2 aromatic carbocycles. The van der Waals surface area contributed by atoms with Gasteiger partial charge in [-0.15, -0.1) is 0 Å². The van der Waals surface area contributed by atoms with E-state index in [0.29, 0.717) is 35.4 Å². The van der Waals surface area contributed by atoms with Crippen LogP contribution in [0.3, 0.4) is 0 Å². The van der Waals surface area contributed by atoms with Crippen molar-refractivity contribution in [3.8, 4) is 17.2 Å². The zero-order chi connectivity index (χ0) is 24.8. The highest BCUT2D eigenvalue weighted by atomic mass is 16.6. The van der Waals surface area contributed by atoms with Gasteiger partial charge in [-0.1, -0.05) is 24.3 Å². The highest BCUT2D eigenvalue weighted by Gasteiger charge is 2.18. The van der Waals surface area contributed by atoms with Crippen LogP contribution in [0.1, 0.15) is 18.1 Å². The van der Waals surface area contributed by atoms with Crippen molar-refractivity contribution in [2.75, 3.05) is 40.5 Å². The number of morpholine rings is 1. The number of carbonyl (C=O) groups excluding carboxylic acids is 1. The number of hydrogen-bond donors (Lipinski definition) is 1. The van der Waals surface area contributed by atoms with Crippen molar-refractivity contribution in [1.29, 1.82) is 0 Å². The number of aromatic nitrogens is 1. The molecule has 0 atom stereocenters. The summed E-state index contributed by atoms with van der Waals surface area (Å²) in [6.45, 7) is 6.64. The fourth-order valence-corrected chi connectivity index (χ4v) is 4.19. The average molecular weight is 482 g/mol. The van der Waals surface area contributed by atoms with Gasteiger partial charge in [0.2, 0.25) is 0 Å². The lowest BCUT2D eigenvalue weighted by Crippen LogP contribution is -2.36. The molecule has 0 radical (unpaired) electrons. The summed E-state index contributed by atoms with van der Waals surface area (Å²) >= 11 is 0. The molecule has 0 spiro atoms. The summed E-state index contributed by atoms with van der Waals surface area (Å²) in [5.74, 6) is 1.13. The van der Waals surface area contributed by atoms with Gasteiger partial charge in [0, 0.05) is 38.1 Å². The van der Waals surface area contributed by atoms with E-state index in [2.05, 4.69) is 16.3 Å². The van der Waals surface area contributed by atoms with Gasteiger partial charge in [-0.3, -0.25) is 9.69 Å². The molecule has 1 N–H and O–H groups in total. The number of aryl methyl sites for hydroxylation is 1. The molecule has 9 nitrogen and oxygen atoms in total. The minimum Gasteiger partial charge on any atom is -0.493 e. The van der Waals surface area contributed by atoms with Crippen molar-refractivity contribution < 1.29 is 23.7 Å². The number of hydrogen-bond acceptors (Lipinski definition) is 7. The Balaban J connectivity index is 1.53. The largest absolute Gasteiger partial charge is 0.493 e. The molecule has 1 amide bonds. The van der Waals surface area contributed by atoms with E-state index < -0.39 is 6.09 Å². The number of ether oxygens (including phenoxy) is 4. The average Bonchev–Trinajstić information content (AvgIpc) is 2.89. The van der Waals surface area contributed by atoms with Crippen LogP contribution < -0.4 is 25.1 Å². The SMILES string of the molecule is CCn1cc(OC(=O)NCc2ccccc2CN2CCOCC2)c2cc(OC)c(OC)cc2c1=O. The van der Waals surface area contributed by atoms with E-state index in [-0.39, 0.29) is 11.3 Å². The third-order valence-electron chi connectivity index (χ3n) is 6.14. The predicted molar refractivity (Wildman–Crippen MR) is 132 cm³/mol. The number of pyridine rings is 1. The molecule has 0 unspecified atom stereocenters. The Hall–Kier alpha value is -3.56. The standard InChI is InChI=1S/C26H31N3O6/c1-4-29-17-24(20-13-22(32-2)23(33-3)14-21(20)25(29)30)35-26(31)27-15-18-7-5-6-8-19(18)16-28-9-11-34-12-10-28/h5-8,13-14,17H,4,9-12,15-16H2,1-3H3,(H,27,31). The van der Waals surface area contributed by atoms with Crippen LogP contribution >= 0.6 is 0 Å². The molecule has 35 heavy (non-hydrogen) atoms. The zero-order valence-corrected chi connectivity index (χ0v) is 20.3. The second-order valence-electron chi connectivity index (χ2n) is 8.24. The minimum atomic E-state index is -0.608. The lowest BCUT2D eigenvalue weighted by Gasteiger charge is -2.27. The number of carbonyl (C=O) groups is 1. The number of benzene rings is 2. The van der Waals surface area contributed by atoms with Crippen molar-refractivity contribution >= 4 is 16.9 Å². The summed E-state index contributed by atoms with van der Waals surface area (Å²) in [5.41, 5.74) is 1.97. The van der Waals surface area contributed by atoms with Crippen molar-refractivity contribution in [2.24, 2.45) is 0 Å². The van der Waals surface area contributed by atoms with Gasteiger partial charge in [-0.25, -0.2) is 4.79 Å². The molecule has 1 saturated heterocycles. The normalized spacial score (nSPS) is 14.0. The van der Waals surface area contributed by atoms with Gasteiger partial charge in [0.05, 0.1) is 39.0 Å². The van der Waals surface area contributed by atoms with Crippen LogP contribution in [0.4, 0.5) is 4.79 Å². The van der Waals surface area contributed by atoms with Crippen LogP contribution in [0.2, 0.25) is 0 Å². The fraction of sp³-hybridized carbons (Fsp3) is 0.385. The first-order valence-electron chi connectivity index (χ1n) is 11.7. The summed E-state index contributed by atoms with van der Waals surface area (Å²) in [6, 6.07) is 11.3. The molecule has 4 rings (SSSR count). The van der Waals surface area contributed by atoms with E-state index in [0.717, 1.165) is 44.0 Å². The van der Waals surface area contributed by atoms with E-state index in [4.69, 9.17) is 18.9 Å². The second kappa shape index (κ2) is 11.2. The molecule has 0 saturated carbocycles. The predicted octanol–water partition coefficient (Wildman–Crippen LogP) is 3.16. The molecule has 3 aromatic rings. The lowest BCUT2D eigenvalue weighted by molar-refractivity contribution is 0.0341.